The van der Waals surface area contributed by atoms with Crippen molar-refractivity contribution in [2.24, 2.45) is 11.7 Å². The first kappa shape index (κ1) is 15.7. The van der Waals surface area contributed by atoms with Gasteiger partial charge in [-0.25, -0.2) is 9.48 Å². The highest BCUT2D eigenvalue weighted by Gasteiger charge is 2.25. The Morgan fingerprint density at radius 1 is 1.48 bits per heavy atom. The summed E-state index contributed by atoms with van der Waals surface area (Å²) in [5.74, 6) is 0.435. The molecule has 0 radical (unpaired) electrons. The predicted molar refractivity (Wildman–Crippen MR) is 87.0 cm³/mol. The van der Waals surface area contributed by atoms with Crippen molar-refractivity contribution < 1.29 is 4.79 Å². The van der Waals surface area contributed by atoms with Crippen molar-refractivity contribution in [1.82, 2.24) is 19.1 Å². The van der Waals surface area contributed by atoms with Gasteiger partial charge in [-0.2, -0.15) is 0 Å². The first-order chi connectivity index (χ1) is 11.1. The number of aryl methyl sites for hydroxylation is 1. The molecule has 2 N–H and O–H groups in total. The van der Waals surface area contributed by atoms with E-state index in [-0.39, 0.29) is 24.1 Å². The van der Waals surface area contributed by atoms with Crippen molar-refractivity contribution in [3.05, 3.63) is 34.9 Å². The van der Waals surface area contributed by atoms with Gasteiger partial charge in [0, 0.05) is 31.7 Å². The van der Waals surface area contributed by atoms with Crippen LogP contribution in [0.3, 0.4) is 0 Å². The molecule has 1 saturated heterocycles. The summed E-state index contributed by atoms with van der Waals surface area (Å²) < 4.78 is 2.84. The van der Waals surface area contributed by atoms with Crippen LogP contribution in [-0.2, 0) is 11.3 Å². The summed E-state index contributed by atoms with van der Waals surface area (Å²) >= 11 is 0. The lowest BCUT2D eigenvalue weighted by Gasteiger charge is -2.34. The molecule has 23 heavy (non-hydrogen) atoms. The van der Waals surface area contributed by atoms with E-state index in [2.05, 4.69) is 5.10 Å². The van der Waals surface area contributed by atoms with Gasteiger partial charge in [-0.3, -0.25) is 9.20 Å². The number of piperidine rings is 1. The van der Waals surface area contributed by atoms with Gasteiger partial charge < -0.3 is 10.6 Å². The quantitative estimate of drug-likeness (QED) is 0.888. The minimum atomic E-state index is -0.208. The monoisotopic (exact) mass is 317 g/mol. The maximum absolute atomic E-state index is 12.4. The lowest BCUT2D eigenvalue weighted by Crippen LogP contribution is -2.45. The summed E-state index contributed by atoms with van der Waals surface area (Å²) in [6.07, 6.45) is 4.04. The Bertz CT molecular complexity index is 748. The number of pyridine rings is 1. The Morgan fingerprint density at radius 2 is 2.30 bits per heavy atom. The highest BCUT2D eigenvalue weighted by molar-refractivity contribution is 5.76. The van der Waals surface area contributed by atoms with Gasteiger partial charge in [0.1, 0.15) is 0 Å². The van der Waals surface area contributed by atoms with Gasteiger partial charge in [0.2, 0.25) is 5.91 Å². The molecule has 2 aromatic rings. The number of amides is 1. The molecule has 1 aliphatic heterocycles. The Hall–Kier alpha value is -2.15. The molecule has 2 unspecified atom stereocenters. The first-order valence-corrected chi connectivity index (χ1v) is 8.14. The van der Waals surface area contributed by atoms with Crippen LogP contribution in [0.2, 0.25) is 0 Å². The van der Waals surface area contributed by atoms with Crippen LogP contribution in [0.15, 0.2) is 29.2 Å². The van der Waals surface area contributed by atoms with Crippen LogP contribution in [0.5, 0.6) is 0 Å². The molecule has 7 heteroatoms. The average molecular weight is 317 g/mol. The highest BCUT2D eigenvalue weighted by Crippen LogP contribution is 2.19. The van der Waals surface area contributed by atoms with Crippen molar-refractivity contribution in [1.29, 1.82) is 0 Å². The summed E-state index contributed by atoms with van der Waals surface area (Å²) in [7, 11) is 0. The third kappa shape index (κ3) is 3.29. The summed E-state index contributed by atoms with van der Waals surface area (Å²) in [5.41, 5.74) is 6.35. The molecule has 0 aromatic carbocycles. The maximum atomic E-state index is 12.4. The molecule has 0 spiro atoms. The zero-order valence-electron chi connectivity index (χ0n) is 13.4. The van der Waals surface area contributed by atoms with Crippen LogP contribution < -0.4 is 11.4 Å². The summed E-state index contributed by atoms with van der Waals surface area (Å²) in [6, 6.07) is 5.50. The SMILES string of the molecule is CC(N)C1CCCN(C(=O)CCn2nc3ccccn3c2=O)C1. The number of nitrogens with two attached hydrogens (primary N) is 1. The van der Waals surface area contributed by atoms with Gasteiger partial charge in [0.15, 0.2) is 5.65 Å². The molecule has 0 saturated carbocycles. The molecule has 2 aromatic heterocycles. The van der Waals surface area contributed by atoms with Crippen LogP contribution in [0.1, 0.15) is 26.2 Å². The normalized spacial score (nSPS) is 19.9. The lowest BCUT2D eigenvalue weighted by atomic mass is 9.92. The summed E-state index contributed by atoms with van der Waals surface area (Å²) in [5, 5.41) is 4.25. The van der Waals surface area contributed by atoms with Gasteiger partial charge >= 0.3 is 5.69 Å². The number of carbonyl (C=O) groups excluding carboxylic acids is 1. The maximum Gasteiger partial charge on any atom is 0.350 e. The second-order valence-corrected chi connectivity index (χ2v) is 6.29. The molecular weight excluding hydrogens is 294 g/mol. The molecule has 2 atom stereocenters. The standard InChI is InChI=1S/C16H23N5O2/c1-12(17)13-5-4-8-19(11-13)15(22)7-10-21-16(23)20-9-3-2-6-14(20)18-21/h2-3,6,9,12-13H,4-5,7-8,10-11,17H2,1H3. The van der Waals surface area contributed by atoms with Gasteiger partial charge in [0.05, 0.1) is 6.54 Å². The van der Waals surface area contributed by atoms with Crippen LogP contribution in [0, 0.1) is 5.92 Å². The minimum absolute atomic E-state index is 0.0688. The number of rotatable bonds is 4. The second-order valence-electron chi connectivity index (χ2n) is 6.29. The fourth-order valence-corrected chi connectivity index (χ4v) is 3.14. The van der Waals surface area contributed by atoms with E-state index in [4.69, 9.17) is 5.73 Å². The number of hydrogen-bond acceptors (Lipinski definition) is 4. The van der Waals surface area contributed by atoms with Crippen molar-refractivity contribution in [3.63, 3.8) is 0 Å². The number of likely N-dealkylation sites (tertiary alicyclic amines) is 1. The van der Waals surface area contributed by atoms with Crippen LogP contribution >= 0.6 is 0 Å². The smallest absolute Gasteiger partial charge is 0.342 e. The predicted octanol–water partition coefficient (Wildman–Crippen LogP) is 0.472. The van der Waals surface area contributed by atoms with Gasteiger partial charge in [-0.1, -0.05) is 6.07 Å². The van der Waals surface area contributed by atoms with E-state index in [0.717, 1.165) is 25.9 Å². The largest absolute Gasteiger partial charge is 0.350 e. The molecule has 1 fully saturated rings. The van der Waals surface area contributed by atoms with E-state index in [1.54, 1.807) is 18.3 Å². The highest BCUT2D eigenvalue weighted by atomic mass is 16.2. The van der Waals surface area contributed by atoms with Crippen LogP contribution in [0.4, 0.5) is 0 Å². The number of hydrogen-bond donors (Lipinski definition) is 1. The Labute approximate surface area is 134 Å². The summed E-state index contributed by atoms with van der Waals surface area (Å²) in [4.78, 5) is 26.5. The topological polar surface area (TPSA) is 85.6 Å². The van der Waals surface area contributed by atoms with E-state index in [0.29, 0.717) is 18.1 Å². The molecule has 7 nitrogen and oxygen atoms in total. The first-order valence-electron chi connectivity index (χ1n) is 8.14. The molecule has 1 amide bonds. The van der Waals surface area contributed by atoms with Gasteiger partial charge in [0.25, 0.3) is 0 Å². The minimum Gasteiger partial charge on any atom is -0.342 e. The van der Waals surface area contributed by atoms with E-state index in [1.165, 1.54) is 9.08 Å². The molecular formula is C16H23N5O2. The van der Waals surface area contributed by atoms with Crippen LogP contribution in [-0.4, -0.2) is 44.1 Å². The Balaban J connectivity index is 1.64. The van der Waals surface area contributed by atoms with Crippen molar-refractivity contribution in [2.45, 2.75) is 38.8 Å². The lowest BCUT2D eigenvalue weighted by molar-refractivity contribution is -0.133. The number of carbonyl (C=O) groups is 1. The molecule has 3 heterocycles. The number of fused-ring (bicyclic) bond motifs is 1. The molecule has 1 aliphatic rings. The summed E-state index contributed by atoms with van der Waals surface area (Å²) in [6.45, 7) is 3.80. The van der Waals surface area contributed by atoms with E-state index in [9.17, 15) is 9.59 Å². The second kappa shape index (κ2) is 6.54. The van der Waals surface area contributed by atoms with Crippen molar-refractivity contribution >= 4 is 11.6 Å². The Kier molecular flexibility index (Phi) is 4.47. The molecule has 124 valence electrons. The van der Waals surface area contributed by atoms with E-state index >= 15 is 0 Å². The number of aromatic nitrogens is 3. The molecule has 3 rings (SSSR count). The van der Waals surface area contributed by atoms with E-state index in [1.807, 2.05) is 17.9 Å². The fourth-order valence-electron chi connectivity index (χ4n) is 3.14. The van der Waals surface area contributed by atoms with Crippen molar-refractivity contribution in [2.75, 3.05) is 13.1 Å². The number of nitrogens with zero attached hydrogens (tertiary/aromatic N) is 4. The zero-order valence-corrected chi connectivity index (χ0v) is 13.4. The van der Waals surface area contributed by atoms with Crippen LogP contribution in [0.25, 0.3) is 5.65 Å². The zero-order chi connectivity index (χ0) is 16.4. The fraction of sp³-hybridized carbons (Fsp3) is 0.562. The third-order valence-electron chi connectivity index (χ3n) is 4.58. The van der Waals surface area contributed by atoms with Gasteiger partial charge in [-0.05, 0) is 37.8 Å². The van der Waals surface area contributed by atoms with E-state index < -0.39 is 0 Å². The Morgan fingerprint density at radius 3 is 3.04 bits per heavy atom. The van der Waals surface area contributed by atoms with Crippen molar-refractivity contribution in [3.8, 4) is 0 Å². The molecule has 0 aliphatic carbocycles. The third-order valence-corrected chi connectivity index (χ3v) is 4.58. The van der Waals surface area contributed by atoms with Gasteiger partial charge in [-0.15, -0.1) is 5.10 Å². The molecule has 0 bridgehead atoms. The average Bonchev–Trinajstić information content (AvgIpc) is 2.89.